The van der Waals surface area contributed by atoms with Gasteiger partial charge in [-0.05, 0) is 59.2 Å². The van der Waals surface area contributed by atoms with Crippen LogP contribution in [0, 0.1) is 5.92 Å². The van der Waals surface area contributed by atoms with E-state index in [1.165, 1.54) is 0 Å². The fourth-order valence-corrected chi connectivity index (χ4v) is 2.04. The van der Waals surface area contributed by atoms with Crippen molar-refractivity contribution in [3.05, 3.63) is 0 Å². The van der Waals surface area contributed by atoms with Crippen LogP contribution in [0.2, 0.25) is 0 Å². The third kappa shape index (κ3) is 5.37. The van der Waals surface area contributed by atoms with Crippen molar-refractivity contribution < 1.29 is 9.53 Å². The zero-order chi connectivity index (χ0) is 12.9. The van der Waals surface area contributed by atoms with Gasteiger partial charge >= 0.3 is 6.09 Å². The molecule has 0 aliphatic carbocycles. The third-order valence-corrected chi connectivity index (χ3v) is 2.90. The summed E-state index contributed by atoms with van der Waals surface area (Å²) in [7, 11) is 0. The highest BCUT2D eigenvalue weighted by molar-refractivity contribution is 5.68. The Labute approximate surface area is 103 Å². The normalized spacial score (nSPS) is 26.1. The van der Waals surface area contributed by atoms with E-state index in [9.17, 15) is 4.79 Å². The summed E-state index contributed by atoms with van der Waals surface area (Å²) in [4.78, 5) is 11.7. The Hall–Kier alpha value is -0.810. The fourth-order valence-electron chi connectivity index (χ4n) is 2.04. The van der Waals surface area contributed by atoms with E-state index in [4.69, 9.17) is 10.5 Å². The molecule has 1 aliphatic heterocycles. The predicted molar refractivity (Wildman–Crippen MR) is 67.8 cm³/mol. The first kappa shape index (κ1) is 14.3. The number of nitrogens with two attached hydrogens (primary N) is 1. The van der Waals surface area contributed by atoms with Crippen LogP contribution in [0.5, 0.6) is 0 Å². The average Bonchev–Trinajstić information content (AvgIpc) is 2.39. The van der Waals surface area contributed by atoms with Crippen LogP contribution >= 0.6 is 0 Å². The summed E-state index contributed by atoms with van der Waals surface area (Å²) in [5.74, 6) is 0.331. The molecule has 0 saturated carbocycles. The zero-order valence-corrected chi connectivity index (χ0v) is 11.1. The molecule has 0 aromatic carbocycles. The lowest BCUT2D eigenvalue weighted by Crippen LogP contribution is -2.45. The molecule has 17 heavy (non-hydrogen) atoms. The van der Waals surface area contributed by atoms with Crippen molar-refractivity contribution in [2.24, 2.45) is 11.7 Å². The van der Waals surface area contributed by atoms with Crippen LogP contribution in [0.1, 0.15) is 33.6 Å². The molecule has 0 aromatic rings. The minimum Gasteiger partial charge on any atom is -0.444 e. The standard InChI is InChI=1S/C12H25N3O2/c1-12(2,3)17-11(16)15-10-5-7-14-6-4-9(10)8-13/h9-10,14H,4-8,13H2,1-3H3,(H,15,16)/t9-,10-/m1/s1. The molecule has 1 heterocycles. The highest BCUT2D eigenvalue weighted by Crippen LogP contribution is 2.14. The Morgan fingerprint density at radius 2 is 2.06 bits per heavy atom. The highest BCUT2D eigenvalue weighted by Gasteiger charge is 2.26. The monoisotopic (exact) mass is 243 g/mol. The molecule has 1 amide bonds. The summed E-state index contributed by atoms with van der Waals surface area (Å²) in [6.07, 6.45) is 1.56. The van der Waals surface area contributed by atoms with Crippen LogP contribution in [0.25, 0.3) is 0 Å². The Bertz CT molecular complexity index is 251. The molecule has 0 bridgehead atoms. The van der Waals surface area contributed by atoms with Gasteiger partial charge in [0, 0.05) is 6.04 Å². The van der Waals surface area contributed by atoms with Crippen LogP contribution in [0.3, 0.4) is 0 Å². The molecular weight excluding hydrogens is 218 g/mol. The maximum atomic E-state index is 11.7. The van der Waals surface area contributed by atoms with Gasteiger partial charge in [0.1, 0.15) is 5.60 Å². The largest absolute Gasteiger partial charge is 0.444 e. The second kappa shape index (κ2) is 6.21. The van der Waals surface area contributed by atoms with Gasteiger partial charge in [0.25, 0.3) is 0 Å². The van der Waals surface area contributed by atoms with Gasteiger partial charge in [0.15, 0.2) is 0 Å². The number of amides is 1. The van der Waals surface area contributed by atoms with E-state index in [2.05, 4.69) is 10.6 Å². The molecular formula is C12H25N3O2. The van der Waals surface area contributed by atoms with Crippen LogP contribution in [-0.4, -0.2) is 37.4 Å². The number of rotatable bonds is 2. The summed E-state index contributed by atoms with van der Waals surface area (Å²) in [6.45, 7) is 8.07. The highest BCUT2D eigenvalue weighted by atomic mass is 16.6. The maximum Gasteiger partial charge on any atom is 0.407 e. The van der Waals surface area contributed by atoms with E-state index >= 15 is 0 Å². The smallest absolute Gasteiger partial charge is 0.407 e. The van der Waals surface area contributed by atoms with Crippen molar-refractivity contribution in [2.75, 3.05) is 19.6 Å². The molecule has 1 fully saturated rings. The molecule has 2 atom stereocenters. The fraction of sp³-hybridized carbons (Fsp3) is 0.917. The van der Waals surface area contributed by atoms with Crippen LogP contribution < -0.4 is 16.4 Å². The Morgan fingerprint density at radius 3 is 2.65 bits per heavy atom. The van der Waals surface area contributed by atoms with Crippen molar-refractivity contribution in [1.29, 1.82) is 0 Å². The molecule has 1 rings (SSSR count). The Morgan fingerprint density at radius 1 is 1.41 bits per heavy atom. The number of alkyl carbamates (subject to hydrolysis) is 1. The average molecular weight is 243 g/mol. The molecule has 0 radical (unpaired) electrons. The quantitative estimate of drug-likeness (QED) is 0.671. The minimum absolute atomic E-state index is 0.116. The lowest BCUT2D eigenvalue weighted by atomic mass is 9.95. The van der Waals surface area contributed by atoms with Crippen molar-refractivity contribution in [3.63, 3.8) is 0 Å². The first-order valence-corrected chi connectivity index (χ1v) is 6.32. The zero-order valence-electron chi connectivity index (χ0n) is 11.1. The first-order valence-electron chi connectivity index (χ1n) is 6.32. The maximum absolute atomic E-state index is 11.7. The van der Waals surface area contributed by atoms with Gasteiger partial charge in [-0.3, -0.25) is 0 Å². The van der Waals surface area contributed by atoms with E-state index in [-0.39, 0.29) is 12.1 Å². The van der Waals surface area contributed by atoms with E-state index in [1.807, 2.05) is 20.8 Å². The first-order chi connectivity index (χ1) is 7.92. The Kier molecular flexibility index (Phi) is 5.21. The van der Waals surface area contributed by atoms with Crippen molar-refractivity contribution in [1.82, 2.24) is 10.6 Å². The molecule has 100 valence electrons. The molecule has 0 aromatic heterocycles. The van der Waals surface area contributed by atoms with Gasteiger partial charge in [-0.2, -0.15) is 0 Å². The van der Waals surface area contributed by atoms with Crippen LogP contribution in [-0.2, 0) is 4.74 Å². The number of hydrogen-bond acceptors (Lipinski definition) is 4. The van der Waals surface area contributed by atoms with Crippen molar-refractivity contribution >= 4 is 6.09 Å². The molecule has 5 nitrogen and oxygen atoms in total. The lowest BCUT2D eigenvalue weighted by molar-refractivity contribution is 0.0485. The number of carbonyl (C=O) groups is 1. The summed E-state index contributed by atoms with van der Waals surface area (Å²) < 4.78 is 5.26. The van der Waals surface area contributed by atoms with Crippen LogP contribution in [0.4, 0.5) is 4.79 Å². The summed E-state index contributed by atoms with van der Waals surface area (Å²) in [5.41, 5.74) is 5.29. The lowest BCUT2D eigenvalue weighted by Gasteiger charge is -2.27. The third-order valence-electron chi connectivity index (χ3n) is 2.90. The van der Waals surface area contributed by atoms with E-state index in [0.717, 1.165) is 25.9 Å². The summed E-state index contributed by atoms with van der Waals surface area (Å²) in [5, 5.41) is 6.25. The van der Waals surface area contributed by atoms with Gasteiger partial charge in [0.05, 0.1) is 0 Å². The Balaban J connectivity index is 2.49. The number of hydrogen-bond donors (Lipinski definition) is 3. The minimum atomic E-state index is -0.453. The predicted octanol–water partition coefficient (Wildman–Crippen LogP) is 0.838. The topological polar surface area (TPSA) is 76.4 Å². The number of nitrogens with one attached hydrogen (secondary N) is 2. The van der Waals surface area contributed by atoms with E-state index < -0.39 is 5.60 Å². The molecule has 4 N–H and O–H groups in total. The number of ether oxygens (including phenoxy) is 1. The van der Waals surface area contributed by atoms with Crippen molar-refractivity contribution in [3.8, 4) is 0 Å². The van der Waals surface area contributed by atoms with E-state index in [0.29, 0.717) is 12.5 Å². The van der Waals surface area contributed by atoms with Gasteiger partial charge in [-0.25, -0.2) is 4.79 Å². The molecule has 0 spiro atoms. The van der Waals surface area contributed by atoms with Gasteiger partial charge in [0.2, 0.25) is 0 Å². The molecule has 1 saturated heterocycles. The SMILES string of the molecule is CC(C)(C)OC(=O)N[C@@H]1CCNCC[C@@H]1CN. The van der Waals surface area contributed by atoms with E-state index in [1.54, 1.807) is 0 Å². The van der Waals surface area contributed by atoms with Crippen molar-refractivity contribution in [2.45, 2.75) is 45.3 Å². The second-order valence-corrected chi connectivity index (χ2v) is 5.58. The molecule has 5 heteroatoms. The summed E-state index contributed by atoms with van der Waals surface area (Å²) in [6, 6.07) is 0.116. The second-order valence-electron chi connectivity index (χ2n) is 5.58. The number of carbonyl (C=O) groups excluding carboxylic acids is 1. The van der Waals surface area contributed by atoms with Gasteiger partial charge < -0.3 is 21.1 Å². The van der Waals surface area contributed by atoms with Gasteiger partial charge in [-0.1, -0.05) is 0 Å². The van der Waals surface area contributed by atoms with Gasteiger partial charge in [-0.15, -0.1) is 0 Å². The van der Waals surface area contributed by atoms with Crippen LogP contribution in [0.15, 0.2) is 0 Å². The summed E-state index contributed by atoms with van der Waals surface area (Å²) >= 11 is 0. The molecule has 1 aliphatic rings. The molecule has 0 unspecified atom stereocenters.